The molecule has 0 heterocycles. The van der Waals surface area contributed by atoms with Gasteiger partial charge in [-0.1, -0.05) is 62.8 Å². The van der Waals surface area contributed by atoms with E-state index in [1.54, 1.807) is 11.1 Å². The van der Waals surface area contributed by atoms with E-state index in [0.29, 0.717) is 0 Å². The van der Waals surface area contributed by atoms with Crippen LogP contribution in [0.15, 0.2) is 23.3 Å². The maximum atomic E-state index is 6.07. The zero-order chi connectivity index (χ0) is 21.5. The van der Waals surface area contributed by atoms with Crippen molar-refractivity contribution < 1.29 is 4.74 Å². The van der Waals surface area contributed by atoms with E-state index in [-0.39, 0.29) is 0 Å². The summed E-state index contributed by atoms with van der Waals surface area (Å²) in [6, 6.07) is 0. The third kappa shape index (κ3) is 7.21. The Morgan fingerprint density at radius 1 is 0.581 bits per heavy atom. The fourth-order valence-corrected chi connectivity index (χ4v) is 7.15. The summed E-state index contributed by atoms with van der Waals surface area (Å²) in [5.41, 5.74) is 3.36. The van der Waals surface area contributed by atoms with E-state index < -0.39 is 0 Å². The Balaban J connectivity index is 1.06. The molecule has 4 aliphatic rings. The van der Waals surface area contributed by atoms with Gasteiger partial charge >= 0.3 is 0 Å². The highest BCUT2D eigenvalue weighted by atomic mass is 16.5. The summed E-state index contributed by atoms with van der Waals surface area (Å²) in [7, 11) is 0. The predicted molar refractivity (Wildman–Crippen MR) is 133 cm³/mol. The van der Waals surface area contributed by atoms with Gasteiger partial charge in [0.15, 0.2) is 0 Å². The van der Waals surface area contributed by atoms with Gasteiger partial charge in [0, 0.05) is 0 Å². The highest BCUT2D eigenvalue weighted by molar-refractivity contribution is 5.08. The van der Waals surface area contributed by atoms with E-state index in [1.807, 2.05) is 0 Å². The first-order valence-electron chi connectivity index (χ1n) is 14.1. The van der Waals surface area contributed by atoms with Gasteiger partial charge in [-0.05, 0) is 113 Å². The molecule has 176 valence electrons. The van der Waals surface area contributed by atoms with E-state index in [1.165, 1.54) is 103 Å². The van der Waals surface area contributed by atoms with E-state index in [2.05, 4.69) is 26.0 Å². The quantitative estimate of drug-likeness (QED) is 0.278. The summed E-state index contributed by atoms with van der Waals surface area (Å²) in [5.74, 6) is 5.97. The molecule has 31 heavy (non-hydrogen) atoms. The molecule has 0 spiro atoms. The fourth-order valence-electron chi connectivity index (χ4n) is 7.15. The molecule has 0 N–H and O–H groups in total. The van der Waals surface area contributed by atoms with Crippen molar-refractivity contribution in [2.75, 3.05) is 13.2 Å². The highest BCUT2D eigenvalue weighted by Crippen LogP contribution is 2.41. The van der Waals surface area contributed by atoms with Crippen molar-refractivity contribution in [3.05, 3.63) is 23.3 Å². The number of hydrogen-bond donors (Lipinski definition) is 0. The number of ether oxygens (including phenoxy) is 1. The predicted octanol–water partition coefficient (Wildman–Crippen LogP) is 8.89. The Bertz CT molecular complexity index is 534. The van der Waals surface area contributed by atoms with Gasteiger partial charge in [-0.2, -0.15) is 0 Å². The minimum Gasteiger partial charge on any atom is -0.381 e. The molecule has 1 heteroatoms. The molecule has 0 aromatic rings. The molecule has 0 amide bonds. The lowest BCUT2D eigenvalue weighted by molar-refractivity contribution is 0.136. The Kier molecular flexibility index (Phi) is 9.18. The summed E-state index contributed by atoms with van der Waals surface area (Å²) >= 11 is 0. The fraction of sp³-hybridized carbons (Fsp3) is 0.867. The van der Waals surface area contributed by atoms with Crippen LogP contribution in [0.25, 0.3) is 0 Å². The molecule has 2 unspecified atom stereocenters. The summed E-state index contributed by atoms with van der Waals surface area (Å²) in [5, 5.41) is 0. The summed E-state index contributed by atoms with van der Waals surface area (Å²) in [4.78, 5) is 0. The van der Waals surface area contributed by atoms with Crippen LogP contribution in [-0.4, -0.2) is 13.2 Å². The van der Waals surface area contributed by atoms with Crippen LogP contribution in [0.3, 0.4) is 0 Å². The average Bonchev–Trinajstić information content (AvgIpc) is 2.81. The Morgan fingerprint density at radius 2 is 1.00 bits per heavy atom. The summed E-state index contributed by atoms with van der Waals surface area (Å²) in [6.07, 6.45) is 27.7. The van der Waals surface area contributed by atoms with Gasteiger partial charge in [0.1, 0.15) is 0 Å². The lowest BCUT2D eigenvalue weighted by Gasteiger charge is -2.34. The van der Waals surface area contributed by atoms with Gasteiger partial charge < -0.3 is 4.74 Å². The maximum Gasteiger partial charge on any atom is 0.0503 e. The lowest BCUT2D eigenvalue weighted by Crippen LogP contribution is -2.22. The third-order valence-corrected chi connectivity index (χ3v) is 9.68. The molecular weight excluding hydrogens is 376 g/mol. The van der Waals surface area contributed by atoms with Crippen molar-refractivity contribution >= 4 is 0 Å². The van der Waals surface area contributed by atoms with Gasteiger partial charge in [-0.25, -0.2) is 0 Å². The van der Waals surface area contributed by atoms with Gasteiger partial charge in [0.25, 0.3) is 0 Å². The zero-order valence-corrected chi connectivity index (χ0v) is 20.8. The molecule has 1 nitrogen and oxygen atoms in total. The second kappa shape index (κ2) is 12.1. The summed E-state index contributed by atoms with van der Waals surface area (Å²) < 4.78 is 6.07. The minimum absolute atomic E-state index is 0.938. The molecule has 2 fully saturated rings. The molecule has 0 aromatic heterocycles. The minimum atomic E-state index is 0.938. The molecule has 4 aliphatic carbocycles. The highest BCUT2D eigenvalue weighted by Gasteiger charge is 2.28. The topological polar surface area (TPSA) is 9.23 Å². The standard InChI is InChI=1S/C30H50O/c1-23-3-11-27(12-4-23)29-15-7-25(8-16-29)19-21-31-22-20-26-9-17-30(18-10-26)28-13-5-24(2)6-14-28/h7,9,23-24,27-30H,3-6,8,10-22H2,1-2H3. The normalized spacial score (nSPS) is 37.2. The van der Waals surface area contributed by atoms with Gasteiger partial charge in [0.05, 0.1) is 13.2 Å². The van der Waals surface area contributed by atoms with Crippen molar-refractivity contribution in [1.82, 2.24) is 0 Å². The first kappa shape index (κ1) is 23.6. The van der Waals surface area contributed by atoms with Gasteiger partial charge in [-0.3, -0.25) is 0 Å². The molecular formula is C30H50O. The maximum absolute atomic E-state index is 6.07. The number of hydrogen-bond acceptors (Lipinski definition) is 1. The monoisotopic (exact) mass is 426 g/mol. The second-order valence-electron chi connectivity index (χ2n) is 11.9. The SMILES string of the molecule is CC1CCC(C2CC=C(CCOCCC3=CCC(C4CCC(C)CC4)CC3)CC2)CC1. The first-order chi connectivity index (χ1) is 15.2. The molecule has 0 saturated heterocycles. The van der Waals surface area contributed by atoms with Crippen LogP contribution in [0.1, 0.15) is 117 Å². The Labute approximate surface area is 193 Å². The van der Waals surface area contributed by atoms with Crippen molar-refractivity contribution in [3.8, 4) is 0 Å². The molecule has 0 bridgehead atoms. The van der Waals surface area contributed by atoms with Gasteiger partial charge in [-0.15, -0.1) is 0 Å². The van der Waals surface area contributed by atoms with Crippen LogP contribution in [0.2, 0.25) is 0 Å². The van der Waals surface area contributed by atoms with Crippen LogP contribution in [0.4, 0.5) is 0 Å². The Morgan fingerprint density at radius 3 is 1.35 bits per heavy atom. The second-order valence-corrected chi connectivity index (χ2v) is 11.9. The van der Waals surface area contributed by atoms with Crippen LogP contribution in [-0.2, 0) is 4.74 Å². The smallest absolute Gasteiger partial charge is 0.0503 e. The Hall–Kier alpha value is -0.560. The number of rotatable bonds is 8. The molecule has 2 atom stereocenters. The largest absolute Gasteiger partial charge is 0.381 e. The molecule has 0 aliphatic heterocycles. The van der Waals surface area contributed by atoms with E-state index in [4.69, 9.17) is 4.74 Å². The molecule has 2 saturated carbocycles. The van der Waals surface area contributed by atoms with Crippen LogP contribution >= 0.6 is 0 Å². The van der Waals surface area contributed by atoms with E-state index >= 15 is 0 Å². The van der Waals surface area contributed by atoms with Crippen molar-refractivity contribution in [2.45, 2.75) is 117 Å². The van der Waals surface area contributed by atoms with Crippen molar-refractivity contribution in [2.24, 2.45) is 35.5 Å². The zero-order valence-electron chi connectivity index (χ0n) is 20.8. The molecule has 4 rings (SSSR count). The average molecular weight is 427 g/mol. The van der Waals surface area contributed by atoms with Crippen LogP contribution < -0.4 is 0 Å². The lowest BCUT2D eigenvalue weighted by atomic mass is 9.71. The molecule has 0 radical (unpaired) electrons. The van der Waals surface area contributed by atoms with Crippen molar-refractivity contribution in [3.63, 3.8) is 0 Å². The van der Waals surface area contributed by atoms with Crippen LogP contribution in [0.5, 0.6) is 0 Å². The van der Waals surface area contributed by atoms with Crippen molar-refractivity contribution in [1.29, 1.82) is 0 Å². The van der Waals surface area contributed by atoms with E-state index in [0.717, 1.165) is 48.7 Å². The molecule has 0 aromatic carbocycles. The number of allylic oxidation sites excluding steroid dienone is 2. The summed E-state index contributed by atoms with van der Waals surface area (Å²) in [6.45, 7) is 6.75. The van der Waals surface area contributed by atoms with E-state index in [9.17, 15) is 0 Å². The first-order valence-corrected chi connectivity index (χ1v) is 14.1. The third-order valence-electron chi connectivity index (χ3n) is 9.68. The van der Waals surface area contributed by atoms with Crippen LogP contribution in [0, 0.1) is 35.5 Å². The van der Waals surface area contributed by atoms with Gasteiger partial charge in [0.2, 0.25) is 0 Å².